The number of benzene rings is 3. The maximum Gasteiger partial charge on any atom is 0.312 e. The van der Waals surface area contributed by atoms with Crippen molar-refractivity contribution in [3.8, 4) is 5.75 Å². The zero-order valence-corrected chi connectivity index (χ0v) is 23.0. The minimum Gasteiger partial charge on any atom is -0.481 e. The Bertz CT molecular complexity index is 1570. The number of nitrogens with zero attached hydrogens (tertiary/aromatic N) is 4. The smallest absolute Gasteiger partial charge is 0.312 e. The van der Waals surface area contributed by atoms with Crippen molar-refractivity contribution in [2.75, 3.05) is 0 Å². The van der Waals surface area contributed by atoms with Crippen LogP contribution in [0.5, 0.6) is 5.75 Å². The number of halogens is 3. The Balaban J connectivity index is 1.73. The van der Waals surface area contributed by atoms with Gasteiger partial charge in [-0.2, -0.15) is 9.78 Å². The zero-order valence-electron chi connectivity index (χ0n) is 19.8. The summed E-state index contributed by atoms with van der Waals surface area (Å²) in [5.41, 5.74) is 0.972. The van der Waals surface area contributed by atoms with Crippen LogP contribution in [0.25, 0.3) is 10.9 Å². The van der Waals surface area contributed by atoms with E-state index >= 15 is 0 Å². The summed E-state index contributed by atoms with van der Waals surface area (Å²) in [6, 6.07) is 13.9. The van der Waals surface area contributed by atoms with Crippen molar-refractivity contribution < 1.29 is 14.1 Å². The van der Waals surface area contributed by atoms with E-state index < -0.39 is 4.92 Å². The maximum atomic E-state index is 13.3. The Morgan fingerprint density at radius 1 is 1.19 bits per heavy atom. The van der Waals surface area contributed by atoms with Gasteiger partial charge in [-0.1, -0.05) is 41.9 Å². The fourth-order valence-corrected chi connectivity index (χ4v) is 4.53. The van der Waals surface area contributed by atoms with E-state index in [1.165, 1.54) is 29.1 Å². The number of aromatic nitrogens is 2. The molecule has 0 N–H and O–H groups in total. The lowest BCUT2D eigenvalue weighted by Gasteiger charge is -2.14. The van der Waals surface area contributed by atoms with E-state index in [0.717, 1.165) is 10.9 Å². The van der Waals surface area contributed by atoms with Crippen molar-refractivity contribution in [1.29, 1.82) is 0 Å². The molecule has 0 aliphatic heterocycles. The fraction of sp³-hybridized carbons (Fsp3) is 0.192. The number of rotatable bonds is 8. The molecule has 1 aromatic heterocycles. The molecule has 4 aromatic rings. The van der Waals surface area contributed by atoms with Gasteiger partial charge < -0.3 is 4.74 Å². The average molecular weight is 632 g/mol. The zero-order chi connectivity index (χ0) is 26.7. The van der Waals surface area contributed by atoms with E-state index in [2.05, 4.69) is 41.9 Å². The number of hydrogen-bond donors (Lipinski definition) is 0. The second kappa shape index (κ2) is 11.3. The molecule has 0 saturated heterocycles. The lowest BCUT2D eigenvalue weighted by molar-refractivity contribution is -0.386. The van der Waals surface area contributed by atoms with Gasteiger partial charge in [-0.15, -0.1) is 0 Å². The van der Waals surface area contributed by atoms with Crippen LogP contribution in [0.1, 0.15) is 43.1 Å². The summed E-state index contributed by atoms with van der Waals surface area (Å²) in [6.45, 7) is 3.95. The molecule has 0 bridgehead atoms. The highest BCUT2D eigenvalue weighted by Crippen LogP contribution is 2.36. The molecular weight excluding hydrogens is 611 g/mol. The van der Waals surface area contributed by atoms with Gasteiger partial charge in [0.15, 0.2) is 0 Å². The third-order valence-corrected chi connectivity index (χ3v) is 6.83. The van der Waals surface area contributed by atoms with Crippen LogP contribution in [-0.2, 0) is 6.61 Å². The van der Waals surface area contributed by atoms with Gasteiger partial charge in [0.25, 0.3) is 5.56 Å². The molecule has 1 heterocycles. The molecule has 0 radical (unpaired) electrons. The van der Waals surface area contributed by atoms with Crippen molar-refractivity contribution in [2.45, 2.75) is 32.8 Å². The van der Waals surface area contributed by atoms with Crippen LogP contribution in [0, 0.1) is 15.9 Å². The van der Waals surface area contributed by atoms with E-state index in [1.54, 1.807) is 30.3 Å². The van der Waals surface area contributed by atoms with Crippen LogP contribution in [0.4, 0.5) is 10.1 Å². The van der Waals surface area contributed by atoms with Crippen molar-refractivity contribution >= 4 is 54.7 Å². The third-order valence-electron chi connectivity index (χ3n) is 5.75. The van der Waals surface area contributed by atoms with Crippen LogP contribution < -0.4 is 10.3 Å². The molecule has 1 atom stereocenters. The lowest BCUT2D eigenvalue weighted by atomic mass is 10.1. The molecule has 37 heavy (non-hydrogen) atoms. The average Bonchev–Trinajstić information content (AvgIpc) is 2.87. The van der Waals surface area contributed by atoms with Gasteiger partial charge in [-0.25, -0.2) is 9.37 Å². The Morgan fingerprint density at radius 3 is 2.59 bits per heavy atom. The van der Waals surface area contributed by atoms with Crippen molar-refractivity contribution in [1.82, 2.24) is 9.66 Å². The van der Waals surface area contributed by atoms with Crippen LogP contribution >= 0.6 is 31.9 Å². The molecule has 0 saturated carbocycles. The predicted molar refractivity (Wildman–Crippen MR) is 147 cm³/mol. The fourth-order valence-electron chi connectivity index (χ4n) is 3.59. The topological polar surface area (TPSA) is 99.6 Å². The highest BCUT2D eigenvalue weighted by atomic mass is 79.9. The molecule has 8 nitrogen and oxygen atoms in total. The highest BCUT2D eigenvalue weighted by molar-refractivity contribution is 9.10. The first kappa shape index (κ1) is 26.6. The van der Waals surface area contributed by atoms with Crippen molar-refractivity contribution in [3.05, 3.63) is 107 Å². The summed E-state index contributed by atoms with van der Waals surface area (Å²) in [5.74, 6) is 0.0816. The van der Waals surface area contributed by atoms with Crippen molar-refractivity contribution in [3.63, 3.8) is 0 Å². The highest BCUT2D eigenvalue weighted by Gasteiger charge is 2.21. The minimum absolute atomic E-state index is 0.0130. The molecule has 0 spiro atoms. The second-order valence-electron chi connectivity index (χ2n) is 8.33. The Kier molecular flexibility index (Phi) is 8.13. The summed E-state index contributed by atoms with van der Waals surface area (Å²) in [6.07, 6.45) is 2.11. The first-order valence-corrected chi connectivity index (χ1v) is 12.9. The number of hydrogen-bond acceptors (Lipinski definition) is 6. The Labute approximate surface area is 228 Å². The summed E-state index contributed by atoms with van der Waals surface area (Å²) >= 11 is 6.73. The van der Waals surface area contributed by atoms with Crippen LogP contribution in [-0.4, -0.2) is 20.8 Å². The molecule has 0 fully saturated rings. The molecule has 11 heteroatoms. The molecule has 0 unspecified atom stereocenters. The van der Waals surface area contributed by atoms with E-state index in [4.69, 9.17) is 4.74 Å². The van der Waals surface area contributed by atoms with Gasteiger partial charge in [0.1, 0.15) is 18.2 Å². The summed E-state index contributed by atoms with van der Waals surface area (Å²) in [4.78, 5) is 29.2. The SMILES string of the molecule is CC[C@H](C)c1nc2ccc(Br)cc2c(=O)n1N=Cc1cc(Br)c(OCc2ccc(F)cc2)c([N+](=O)[O-])c1. The largest absolute Gasteiger partial charge is 0.481 e. The first-order chi connectivity index (χ1) is 17.7. The minimum atomic E-state index is -0.562. The third kappa shape index (κ3) is 5.94. The molecule has 190 valence electrons. The molecular formula is C26H21Br2FN4O4. The van der Waals surface area contributed by atoms with Crippen LogP contribution in [0.2, 0.25) is 0 Å². The Hall–Kier alpha value is -3.44. The lowest BCUT2D eigenvalue weighted by Crippen LogP contribution is -2.23. The Morgan fingerprint density at radius 2 is 1.92 bits per heavy atom. The van der Waals surface area contributed by atoms with Gasteiger partial charge in [0.05, 0.1) is 26.5 Å². The molecule has 4 rings (SSSR count). The maximum absolute atomic E-state index is 13.3. The normalized spacial score (nSPS) is 12.2. The summed E-state index contributed by atoms with van der Waals surface area (Å²) in [5, 5.41) is 16.6. The summed E-state index contributed by atoms with van der Waals surface area (Å²) in [7, 11) is 0. The number of fused-ring (bicyclic) bond motifs is 1. The second-order valence-corrected chi connectivity index (χ2v) is 10.1. The van der Waals surface area contributed by atoms with Gasteiger partial charge in [-0.3, -0.25) is 14.9 Å². The molecule has 0 aliphatic rings. The number of nitro benzene ring substituents is 1. The predicted octanol–water partition coefficient (Wildman–Crippen LogP) is 6.94. The van der Waals surface area contributed by atoms with E-state index in [0.29, 0.717) is 32.3 Å². The van der Waals surface area contributed by atoms with Crippen LogP contribution in [0.3, 0.4) is 0 Å². The summed E-state index contributed by atoms with van der Waals surface area (Å²) < 4.78 is 21.2. The standard InChI is InChI=1S/C26H21Br2FN4O4/c1-3-15(2)25-31-22-9-6-18(27)12-20(22)26(34)32(25)30-13-17-10-21(28)24(23(11-17)33(35)36)37-14-16-4-7-19(29)8-5-16/h4-13,15H,3,14H2,1-2H3/t15-/m0/s1. The number of ether oxygens (including phenoxy) is 1. The van der Waals surface area contributed by atoms with E-state index in [9.17, 15) is 19.3 Å². The van der Waals surface area contributed by atoms with Crippen LogP contribution in [0.15, 0.2) is 73.4 Å². The molecule has 0 aliphatic carbocycles. The quantitative estimate of drug-likeness (QED) is 0.119. The van der Waals surface area contributed by atoms with Gasteiger partial charge in [-0.05, 0) is 64.3 Å². The van der Waals surface area contributed by atoms with Gasteiger partial charge in [0, 0.05) is 22.0 Å². The van der Waals surface area contributed by atoms with E-state index in [1.807, 2.05) is 19.9 Å². The van der Waals surface area contributed by atoms with Gasteiger partial charge >= 0.3 is 5.69 Å². The van der Waals surface area contributed by atoms with E-state index in [-0.39, 0.29) is 35.3 Å². The van der Waals surface area contributed by atoms with Crippen molar-refractivity contribution in [2.24, 2.45) is 5.10 Å². The molecule has 0 amide bonds. The monoisotopic (exact) mass is 630 g/mol. The first-order valence-electron chi connectivity index (χ1n) is 11.3. The number of nitro groups is 1. The van der Waals surface area contributed by atoms with Gasteiger partial charge in [0.2, 0.25) is 5.75 Å². The molecule has 3 aromatic carbocycles.